The second-order valence-electron chi connectivity index (χ2n) is 5.71. The van der Waals surface area contributed by atoms with Crippen molar-refractivity contribution in [3.05, 3.63) is 35.9 Å². The van der Waals surface area contributed by atoms with E-state index in [1.54, 1.807) is 0 Å². The highest BCUT2D eigenvalue weighted by Gasteiger charge is 2.22. The van der Waals surface area contributed by atoms with Crippen LogP contribution in [0, 0.1) is 0 Å². The van der Waals surface area contributed by atoms with Gasteiger partial charge in [0, 0.05) is 0 Å². The molecule has 0 aliphatic carbocycles. The number of esters is 1. The Hall–Kier alpha value is -1.13. The molecule has 0 fully saturated rings. The predicted octanol–water partition coefficient (Wildman–Crippen LogP) is 2.24. The Labute approximate surface area is 111 Å². The fraction of sp³-hybridized carbons (Fsp3) is 0.500. The second-order valence-corrected chi connectivity index (χ2v) is 11.2. The van der Waals surface area contributed by atoms with Crippen LogP contribution in [0.25, 0.3) is 0 Å². The first-order valence-electron chi connectivity index (χ1n) is 6.27. The third-order valence-corrected chi connectivity index (χ3v) is 3.91. The van der Waals surface area contributed by atoms with Gasteiger partial charge in [0.1, 0.15) is 6.04 Å². The normalized spacial score (nSPS) is 13.1. The van der Waals surface area contributed by atoms with E-state index in [-0.39, 0.29) is 12.0 Å². The largest absolute Gasteiger partial charge is 0.468 e. The van der Waals surface area contributed by atoms with Crippen LogP contribution in [0.3, 0.4) is 0 Å². The summed E-state index contributed by atoms with van der Waals surface area (Å²) in [6.45, 7) is 6.82. The minimum atomic E-state index is -1.21. The summed E-state index contributed by atoms with van der Waals surface area (Å²) in [5, 5.41) is 3.35. The molecule has 0 saturated heterocycles. The summed E-state index contributed by atoms with van der Waals surface area (Å²) in [7, 11) is 0.226. The second kappa shape index (κ2) is 6.71. The van der Waals surface area contributed by atoms with Crippen LogP contribution in [0.15, 0.2) is 30.3 Å². The highest BCUT2D eigenvalue weighted by Crippen LogP contribution is 2.06. The van der Waals surface area contributed by atoms with Gasteiger partial charge in [-0.1, -0.05) is 50.0 Å². The zero-order chi connectivity index (χ0) is 13.6. The molecule has 1 aromatic rings. The first kappa shape index (κ1) is 14.9. The Kier molecular flexibility index (Phi) is 5.56. The fourth-order valence-electron chi connectivity index (χ4n) is 1.66. The molecule has 0 bridgehead atoms. The van der Waals surface area contributed by atoms with Gasteiger partial charge in [-0.05, 0) is 18.2 Å². The molecular formula is C14H23NO2Si. The lowest BCUT2D eigenvalue weighted by molar-refractivity contribution is -0.143. The SMILES string of the molecule is COC(=O)[C@H](Cc1ccccc1)NC[Si](C)(C)C. The smallest absolute Gasteiger partial charge is 0.323 e. The van der Waals surface area contributed by atoms with Crippen LogP contribution >= 0.6 is 0 Å². The van der Waals surface area contributed by atoms with Gasteiger partial charge in [-0.15, -0.1) is 0 Å². The van der Waals surface area contributed by atoms with Crippen LogP contribution in [0.5, 0.6) is 0 Å². The molecule has 0 spiro atoms. The van der Waals surface area contributed by atoms with E-state index in [2.05, 4.69) is 25.0 Å². The quantitative estimate of drug-likeness (QED) is 0.633. The summed E-state index contributed by atoms with van der Waals surface area (Å²) in [6, 6.07) is 9.78. The molecule has 0 aromatic heterocycles. The summed E-state index contributed by atoms with van der Waals surface area (Å²) < 4.78 is 4.86. The lowest BCUT2D eigenvalue weighted by Crippen LogP contribution is -2.47. The molecule has 1 N–H and O–H groups in total. The van der Waals surface area contributed by atoms with Gasteiger partial charge in [-0.3, -0.25) is 4.79 Å². The van der Waals surface area contributed by atoms with E-state index in [1.807, 2.05) is 30.3 Å². The zero-order valence-corrected chi connectivity index (χ0v) is 12.7. The van der Waals surface area contributed by atoms with Crippen LogP contribution in [-0.2, 0) is 16.0 Å². The monoisotopic (exact) mass is 265 g/mol. The Balaban J connectivity index is 2.65. The van der Waals surface area contributed by atoms with E-state index in [1.165, 1.54) is 7.11 Å². The summed E-state index contributed by atoms with van der Waals surface area (Å²) in [5.74, 6) is -0.183. The predicted molar refractivity (Wildman–Crippen MR) is 77.3 cm³/mol. The topological polar surface area (TPSA) is 38.3 Å². The van der Waals surface area contributed by atoms with Gasteiger partial charge in [-0.25, -0.2) is 0 Å². The third-order valence-electron chi connectivity index (χ3n) is 2.65. The van der Waals surface area contributed by atoms with Crippen molar-refractivity contribution >= 4 is 14.0 Å². The van der Waals surface area contributed by atoms with E-state index in [9.17, 15) is 4.79 Å². The molecule has 0 aliphatic rings. The molecule has 0 aliphatic heterocycles. The van der Waals surface area contributed by atoms with Gasteiger partial charge in [0.2, 0.25) is 0 Å². The van der Waals surface area contributed by atoms with E-state index >= 15 is 0 Å². The highest BCUT2D eigenvalue weighted by molar-refractivity contribution is 6.76. The maximum Gasteiger partial charge on any atom is 0.323 e. The number of methoxy groups -OCH3 is 1. The van der Waals surface area contributed by atoms with E-state index in [4.69, 9.17) is 4.74 Å². The molecular weight excluding hydrogens is 242 g/mol. The van der Waals surface area contributed by atoms with E-state index in [0.717, 1.165) is 11.7 Å². The third kappa shape index (κ3) is 5.47. The maximum absolute atomic E-state index is 11.8. The van der Waals surface area contributed by atoms with Gasteiger partial charge in [-0.2, -0.15) is 0 Å². The minimum absolute atomic E-state index is 0.183. The van der Waals surface area contributed by atoms with E-state index in [0.29, 0.717) is 6.42 Å². The van der Waals surface area contributed by atoms with Crippen molar-refractivity contribution in [2.45, 2.75) is 32.1 Å². The van der Waals surface area contributed by atoms with Crippen molar-refractivity contribution < 1.29 is 9.53 Å². The van der Waals surface area contributed by atoms with Crippen molar-refractivity contribution in [2.24, 2.45) is 0 Å². The number of rotatable bonds is 6. The molecule has 0 heterocycles. The first-order valence-corrected chi connectivity index (χ1v) is 9.98. The van der Waals surface area contributed by atoms with Gasteiger partial charge in [0.15, 0.2) is 0 Å². The Morgan fingerprint density at radius 2 is 1.89 bits per heavy atom. The van der Waals surface area contributed by atoms with Gasteiger partial charge in [0.05, 0.1) is 15.2 Å². The highest BCUT2D eigenvalue weighted by atomic mass is 28.3. The molecule has 1 rings (SSSR count). The standard InChI is InChI=1S/C14H23NO2Si/c1-17-14(16)13(15-11-18(2,3)4)10-12-8-6-5-7-9-12/h5-9,13,15H,10-11H2,1-4H3/t13-/m0/s1. The van der Waals surface area contributed by atoms with Crippen molar-refractivity contribution in [3.8, 4) is 0 Å². The van der Waals surface area contributed by atoms with Gasteiger partial charge >= 0.3 is 5.97 Å². The first-order chi connectivity index (χ1) is 8.42. The molecule has 0 unspecified atom stereocenters. The van der Waals surface area contributed by atoms with Crippen molar-refractivity contribution in [3.63, 3.8) is 0 Å². The lowest BCUT2D eigenvalue weighted by Gasteiger charge is -2.22. The zero-order valence-electron chi connectivity index (χ0n) is 11.7. The van der Waals surface area contributed by atoms with Crippen molar-refractivity contribution in [2.75, 3.05) is 13.3 Å². The molecule has 0 amide bonds. The van der Waals surface area contributed by atoms with Crippen LogP contribution < -0.4 is 5.32 Å². The van der Waals surface area contributed by atoms with Crippen LogP contribution in [-0.4, -0.2) is 33.4 Å². The Bertz CT molecular complexity index is 373. The summed E-state index contributed by atoms with van der Waals surface area (Å²) in [5.41, 5.74) is 1.15. The maximum atomic E-state index is 11.8. The molecule has 18 heavy (non-hydrogen) atoms. The summed E-state index contributed by atoms with van der Waals surface area (Å²) in [4.78, 5) is 11.8. The molecule has 4 heteroatoms. The van der Waals surface area contributed by atoms with Crippen LogP contribution in [0.1, 0.15) is 5.56 Å². The number of carbonyl (C=O) groups is 1. The van der Waals surface area contributed by atoms with Crippen molar-refractivity contribution in [1.82, 2.24) is 5.32 Å². The summed E-state index contributed by atoms with van der Waals surface area (Å²) in [6.07, 6.45) is 1.59. The number of carbonyl (C=O) groups excluding carboxylic acids is 1. The molecule has 100 valence electrons. The van der Waals surface area contributed by atoms with E-state index < -0.39 is 8.07 Å². The number of benzene rings is 1. The molecule has 0 radical (unpaired) electrons. The number of ether oxygens (including phenoxy) is 1. The minimum Gasteiger partial charge on any atom is -0.468 e. The molecule has 0 saturated carbocycles. The van der Waals surface area contributed by atoms with Crippen LogP contribution in [0.4, 0.5) is 0 Å². The Morgan fingerprint density at radius 3 is 2.39 bits per heavy atom. The fourth-order valence-corrected chi connectivity index (χ4v) is 2.52. The molecule has 1 aromatic carbocycles. The molecule has 1 atom stereocenters. The average molecular weight is 265 g/mol. The van der Waals surface area contributed by atoms with Crippen molar-refractivity contribution in [1.29, 1.82) is 0 Å². The average Bonchev–Trinajstić information content (AvgIpc) is 2.33. The van der Waals surface area contributed by atoms with Gasteiger partial charge in [0.25, 0.3) is 0 Å². The lowest BCUT2D eigenvalue weighted by atomic mass is 10.1. The number of hydrogen-bond donors (Lipinski definition) is 1. The van der Waals surface area contributed by atoms with Crippen LogP contribution in [0.2, 0.25) is 19.6 Å². The molecule has 3 nitrogen and oxygen atoms in total. The Morgan fingerprint density at radius 1 is 1.28 bits per heavy atom. The summed E-state index contributed by atoms with van der Waals surface area (Å²) >= 11 is 0. The number of hydrogen-bond acceptors (Lipinski definition) is 3. The van der Waals surface area contributed by atoms with Gasteiger partial charge < -0.3 is 10.1 Å². The number of nitrogens with one attached hydrogen (secondary N) is 1.